The van der Waals surface area contributed by atoms with E-state index in [0.717, 1.165) is 22.7 Å². The largest absolute Gasteiger partial charge is 0.305 e. The Morgan fingerprint density at radius 2 is 1.90 bits per heavy atom. The van der Waals surface area contributed by atoms with Crippen LogP contribution < -0.4 is 0 Å². The van der Waals surface area contributed by atoms with Crippen molar-refractivity contribution in [1.29, 1.82) is 5.41 Å². The summed E-state index contributed by atoms with van der Waals surface area (Å²) in [5, 5.41) is 8.32. The molecule has 1 aromatic carbocycles. The molecule has 0 amide bonds. The summed E-state index contributed by atoms with van der Waals surface area (Å²) < 4.78 is 0. The molecule has 0 spiro atoms. The Labute approximate surface area is 125 Å². The number of hydrogen-bond donors (Lipinski definition) is 1. The molecule has 0 bridgehead atoms. The molecule has 0 unspecified atom stereocenters. The minimum atomic E-state index is -0.214. The Morgan fingerprint density at radius 1 is 1.25 bits per heavy atom. The monoisotopic (exact) mass is 292 g/mol. The number of benzene rings is 1. The van der Waals surface area contributed by atoms with E-state index >= 15 is 0 Å². The van der Waals surface area contributed by atoms with Gasteiger partial charge in [-0.2, -0.15) is 0 Å². The number of fused-ring (bicyclic) bond motifs is 1. The van der Waals surface area contributed by atoms with Crippen molar-refractivity contribution < 1.29 is 4.79 Å². The van der Waals surface area contributed by atoms with E-state index in [1.54, 1.807) is 6.20 Å². The summed E-state index contributed by atoms with van der Waals surface area (Å²) in [7, 11) is 0. The van der Waals surface area contributed by atoms with E-state index in [1.165, 1.54) is 0 Å². The van der Waals surface area contributed by atoms with Gasteiger partial charge in [0.1, 0.15) is 0 Å². The number of carbonyl (C=O) groups excluding carboxylic acids is 1. The molecule has 2 rings (SSSR count). The highest BCUT2D eigenvalue weighted by molar-refractivity contribution is 6.31. The van der Waals surface area contributed by atoms with Crippen LogP contribution in [0.1, 0.15) is 33.3 Å². The molecular formula is C16H21ClN2O. The van der Waals surface area contributed by atoms with E-state index < -0.39 is 0 Å². The van der Waals surface area contributed by atoms with Gasteiger partial charge in [0, 0.05) is 18.0 Å². The van der Waals surface area contributed by atoms with Gasteiger partial charge in [-0.15, -0.1) is 0 Å². The Bertz CT molecular complexity index is 567. The van der Waals surface area contributed by atoms with E-state index in [-0.39, 0.29) is 12.2 Å². The first-order chi connectivity index (χ1) is 9.69. The van der Waals surface area contributed by atoms with Crippen LogP contribution in [0.15, 0.2) is 30.5 Å². The molecule has 108 valence electrons. The summed E-state index contributed by atoms with van der Waals surface area (Å²) in [6.45, 7) is 8.00. The number of nitrogens with one attached hydrogen (secondary N) is 1. The fraction of sp³-hybridized carbons (Fsp3) is 0.312. The summed E-state index contributed by atoms with van der Waals surface area (Å²) in [5.41, 5.74) is 1.71. The van der Waals surface area contributed by atoms with Crippen molar-refractivity contribution >= 4 is 34.5 Å². The number of carbonyl (C=O) groups is 1. The zero-order chi connectivity index (χ0) is 15.5. The molecule has 1 heterocycles. The lowest BCUT2D eigenvalue weighted by Crippen LogP contribution is -2.02. The normalized spacial score (nSPS) is 8.85. The van der Waals surface area contributed by atoms with Crippen LogP contribution in [0.4, 0.5) is 0 Å². The molecule has 0 aliphatic carbocycles. The minimum absolute atomic E-state index is 0.214. The van der Waals surface area contributed by atoms with E-state index in [2.05, 4.69) is 4.98 Å². The van der Waals surface area contributed by atoms with Crippen LogP contribution >= 0.6 is 11.6 Å². The van der Waals surface area contributed by atoms with Crippen molar-refractivity contribution in [2.75, 3.05) is 0 Å². The lowest BCUT2D eigenvalue weighted by molar-refractivity contribution is -0.112. The standard InChI is InChI=1S/C12H9ClN2O.2C2H6/c13-10-5-9-3-8(4-11(16)6-14)1-2-12(9)15-7-10;2*1-2/h1-3,5-7,14H,4H2;2*1-2H3. The van der Waals surface area contributed by atoms with Crippen LogP contribution in [-0.4, -0.2) is 17.0 Å². The molecule has 0 atom stereocenters. The third kappa shape index (κ3) is 5.49. The van der Waals surface area contributed by atoms with Gasteiger partial charge in [-0.1, -0.05) is 45.4 Å². The molecule has 20 heavy (non-hydrogen) atoms. The molecule has 0 saturated carbocycles. The molecule has 0 radical (unpaired) electrons. The van der Waals surface area contributed by atoms with E-state index in [1.807, 2.05) is 52.0 Å². The van der Waals surface area contributed by atoms with Crippen molar-refractivity contribution in [1.82, 2.24) is 4.98 Å². The molecule has 0 aliphatic heterocycles. The Balaban J connectivity index is 0.000000829. The second-order valence-electron chi connectivity index (χ2n) is 3.47. The molecular weight excluding hydrogens is 272 g/mol. The Kier molecular flexibility index (Phi) is 9.22. The van der Waals surface area contributed by atoms with E-state index in [0.29, 0.717) is 5.02 Å². The lowest BCUT2D eigenvalue weighted by atomic mass is 10.1. The molecule has 0 fully saturated rings. The van der Waals surface area contributed by atoms with Crippen molar-refractivity contribution in [3.63, 3.8) is 0 Å². The second kappa shape index (κ2) is 10.1. The minimum Gasteiger partial charge on any atom is -0.305 e. The van der Waals surface area contributed by atoms with Crippen LogP contribution in [-0.2, 0) is 11.2 Å². The fourth-order valence-electron chi connectivity index (χ4n) is 1.52. The highest BCUT2D eigenvalue weighted by Gasteiger charge is 2.02. The predicted molar refractivity (Wildman–Crippen MR) is 86.9 cm³/mol. The number of nitrogens with zero attached hydrogens (tertiary/aromatic N) is 1. The SMILES string of the molecule is CC.CC.N=CC(=O)Cc1ccc2ncc(Cl)cc2c1. The molecule has 0 aliphatic rings. The van der Waals surface area contributed by atoms with Crippen LogP contribution in [0.3, 0.4) is 0 Å². The summed E-state index contributed by atoms with van der Waals surface area (Å²) in [5.74, 6) is -0.214. The second-order valence-corrected chi connectivity index (χ2v) is 3.90. The van der Waals surface area contributed by atoms with Gasteiger partial charge in [0.2, 0.25) is 0 Å². The maximum atomic E-state index is 11.1. The van der Waals surface area contributed by atoms with Crippen molar-refractivity contribution in [2.45, 2.75) is 34.1 Å². The van der Waals surface area contributed by atoms with Gasteiger partial charge in [-0.3, -0.25) is 9.78 Å². The van der Waals surface area contributed by atoms with Crippen LogP contribution in [0, 0.1) is 5.41 Å². The highest BCUT2D eigenvalue weighted by atomic mass is 35.5. The number of hydrogen-bond acceptors (Lipinski definition) is 3. The zero-order valence-electron chi connectivity index (χ0n) is 12.4. The highest BCUT2D eigenvalue weighted by Crippen LogP contribution is 2.18. The molecule has 0 saturated heterocycles. The first kappa shape index (κ1) is 18.3. The van der Waals surface area contributed by atoms with Gasteiger partial charge in [0.25, 0.3) is 0 Å². The molecule has 1 aromatic heterocycles. The van der Waals surface area contributed by atoms with Crippen molar-refractivity contribution in [3.05, 3.63) is 41.0 Å². The smallest absolute Gasteiger partial charge is 0.177 e. The van der Waals surface area contributed by atoms with Crippen LogP contribution in [0.5, 0.6) is 0 Å². The number of pyridine rings is 1. The average molecular weight is 293 g/mol. The van der Waals surface area contributed by atoms with Gasteiger partial charge in [0.15, 0.2) is 5.78 Å². The summed E-state index contributed by atoms with van der Waals surface area (Å²) in [6.07, 6.45) is 2.67. The lowest BCUT2D eigenvalue weighted by Gasteiger charge is -2.01. The van der Waals surface area contributed by atoms with E-state index in [4.69, 9.17) is 17.0 Å². The number of Topliss-reactive ketones (excluding diaryl/α,β-unsaturated/α-hetero) is 1. The van der Waals surface area contributed by atoms with Gasteiger partial charge in [-0.05, 0) is 23.8 Å². The maximum absolute atomic E-state index is 11.1. The zero-order valence-corrected chi connectivity index (χ0v) is 13.2. The number of aromatic nitrogens is 1. The third-order valence-electron chi connectivity index (χ3n) is 2.25. The van der Waals surface area contributed by atoms with Crippen molar-refractivity contribution in [3.8, 4) is 0 Å². The summed E-state index contributed by atoms with van der Waals surface area (Å²) in [4.78, 5) is 15.3. The molecule has 3 nitrogen and oxygen atoms in total. The molecule has 4 heteroatoms. The Morgan fingerprint density at radius 3 is 2.50 bits per heavy atom. The van der Waals surface area contributed by atoms with Crippen molar-refractivity contribution in [2.24, 2.45) is 0 Å². The van der Waals surface area contributed by atoms with E-state index in [9.17, 15) is 4.79 Å². The molecule has 2 aromatic rings. The van der Waals surface area contributed by atoms with Crippen LogP contribution in [0.2, 0.25) is 5.02 Å². The predicted octanol–water partition coefficient (Wildman–Crippen LogP) is 4.70. The fourth-order valence-corrected chi connectivity index (χ4v) is 1.68. The first-order valence-electron chi connectivity index (χ1n) is 6.76. The quantitative estimate of drug-likeness (QED) is 0.834. The topological polar surface area (TPSA) is 53.8 Å². The summed E-state index contributed by atoms with van der Waals surface area (Å²) in [6, 6.07) is 7.36. The number of ketones is 1. The van der Waals surface area contributed by atoms with Gasteiger partial charge in [0.05, 0.1) is 16.8 Å². The summed E-state index contributed by atoms with van der Waals surface area (Å²) >= 11 is 5.84. The van der Waals surface area contributed by atoms with Gasteiger partial charge < -0.3 is 5.41 Å². The molecule has 1 N–H and O–H groups in total. The van der Waals surface area contributed by atoms with Gasteiger partial charge in [-0.25, -0.2) is 0 Å². The van der Waals surface area contributed by atoms with Gasteiger partial charge >= 0.3 is 0 Å². The maximum Gasteiger partial charge on any atom is 0.177 e. The number of halogens is 1. The Hall–Kier alpha value is -1.74. The average Bonchev–Trinajstić information content (AvgIpc) is 2.50. The third-order valence-corrected chi connectivity index (χ3v) is 2.46. The van der Waals surface area contributed by atoms with Crippen LogP contribution in [0.25, 0.3) is 10.9 Å². The first-order valence-corrected chi connectivity index (χ1v) is 7.14. The number of rotatable bonds is 3.